The van der Waals surface area contributed by atoms with Gasteiger partial charge in [-0.3, -0.25) is 0 Å². The molecule has 1 saturated carbocycles. The Morgan fingerprint density at radius 3 is 2.74 bits per heavy atom. The van der Waals surface area contributed by atoms with E-state index < -0.39 is 0 Å². The zero-order valence-corrected chi connectivity index (χ0v) is 17.6. The minimum atomic E-state index is -0.239. The molecule has 3 atom stereocenters. The van der Waals surface area contributed by atoms with Crippen molar-refractivity contribution in [3.63, 3.8) is 0 Å². The molecule has 1 aromatic heterocycles. The van der Waals surface area contributed by atoms with Gasteiger partial charge in [0.25, 0.3) is 0 Å². The quantitative estimate of drug-likeness (QED) is 0.535. The zero-order chi connectivity index (χ0) is 21.8. The molecule has 1 heterocycles. The third-order valence-electron chi connectivity index (χ3n) is 5.76. The molecule has 2 N–H and O–H groups in total. The van der Waals surface area contributed by atoms with E-state index in [9.17, 15) is 4.39 Å². The van der Waals surface area contributed by atoms with Crippen LogP contribution >= 0.6 is 0 Å². The van der Waals surface area contributed by atoms with Gasteiger partial charge in [0, 0.05) is 18.3 Å². The number of hydrogen-bond acceptors (Lipinski definition) is 4. The van der Waals surface area contributed by atoms with Gasteiger partial charge in [0.05, 0.1) is 11.9 Å². The first-order valence-corrected chi connectivity index (χ1v) is 10.6. The SMILES string of the molecule is C=Nn1c(-c2ccc(OC3CCCC3N)cc2)cnc1/C=C\C(C)c1cccc(F)c1. The van der Waals surface area contributed by atoms with E-state index in [2.05, 4.69) is 16.8 Å². The lowest BCUT2D eigenvalue weighted by atomic mass is 10.0. The first-order valence-electron chi connectivity index (χ1n) is 10.6. The number of aromatic nitrogens is 2. The third kappa shape index (κ3) is 4.75. The molecular formula is C25H27FN4O. The van der Waals surface area contributed by atoms with E-state index >= 15 is 0 Å². The average molecular weight is 419 g/mol. The number of nitrogens with two attached hydrogens (primary N) is 1. The molecule has 1 aliphatic carbocycles. The molecule has 0 amide bonds. The van der Waals surface area contributed by atoms with Crippen LogP contribution in [0.15, 0.2) is 65.9 Å². The highest BCUT2D eigenvalue weighted by Gasteiger charge is 2.25. The number of benzene rings is 2. The van der Waals surface area contributed by atoms with Gasteiger partial charge < -0.3 is 10.5 Å². The van der Waals surface area contributed by atoms with Gasteiger partial charge in [-0.15, -0.1) is 0 Å². The largest absolute Gasteiger partial charge is 0.489 e. The van der Waals surface area contributed by atoms with Gasteiger partial charge >= 0.3 is 0 Å². The van der Waals surface area contributed by atoms with Crippen LogP contribution in [0.25, 0.3) is 17.3 Å². The van der Waals surface area contributed by atoms with Gasteiger partial charge in [-0.1, -0.05) is 25.1 Å². The smallest absolute Gasteiger partial charge is 0.153 e. The second-order valence-corrected chi connectivity index (χ2v) is 7.93. The van der Waals surface area contributed by atoms with Crippen LogP contribution in [-0.4, -0.2) is 28.5 Å². The molecule has 0 aliphatic heterocycles. The van der Waals surface area contributed by atoms with Gasteiger partial charge in [0.1, 0.15) is 17.7 Å². The molecule has 6 heteroatoms. The number of imidazole rings is 1. The predicted molar refractivity (Wildman–Crippen MR) is 123 cm³/mol. The van der Waals surface area contributed by atoms with E-state index in [1.54, 1.807) is 23.0 Å². The molecule has 1 fully saturated rings. The molecule has 2 aromatic carbocycles. The maximum absolute atomic E-state index is 13.5. The van der Waals surface area contributed by atoms with Crippen molar-refractivity contribution in [1.29, 1.82) is 0 Å². The third-order valence-corrected chi connectivity index (χ3v) is 5.76. The van der Waals surface area contributed by atoms with Crippen molar-refractivity contribution < 1.29 is 9.13 Å². The molecule has 3 aromatic rings. The van der Waals surface area contributed by atoms with E-state index in [4.69, 9.17) is 10.5 Å². The summed E-state index contributed by atoms with van der Waals surface area (Å²) in [4.78, 5) is 4.48. The Morgan fingerprint density at radius 1 is 1.26 bits per heavy atom. The van der Waals surface area contributed by atoms with Gasteiger partial charge in [0.15, 0.2) is 5.82 Å². The fourth-order valence-corrected chi connectivity index (χ4v) is 3.93. The molecule has 3 unspecified atom stereocenters. The van der Waals surface area contributed by atoms with E-state index in [-0.39, 0.29) is 23.9 Å². The first-order chi connectivity index (χ1) is 15.0. The van der Waals surface area contributed by atoms with E-state index in [0.717, 1.165) is 41.8 Å². The van der Waals surface area contributed by atoms with Crippen molar-refractivity contribution in [2.24, 2.45) is 10.8 Å². The number of allylic oxidation sites excluding steroid dienone is 1. The second kappa shape index (κ2) is 9.27. The Balaban J connectivity index is 1.50. The van der Waals surface area contributed by atoms with Crippen LogP contribution in [0.2, 0.25) is 0 Å². The summed E-state index contributed by atoms with van der Waals surface area (Å²) in [5, 5.41) is 4.13. The summed E-state index contributed by atoms with van der Waals surface area (Å²) in [6.45, 7) is 5.70. The molecule has 160 valence electrons. The molecule has 1 aliphatic rings. The zero-order valence-electron chi connectivity index (χ0n) is 17.6. The molecular weight excluding hydrogens is 391 g/mol. The Labute approximate surface area is 182 Å². The predicted octanol–water partition coefficient (Wildman–Crippen LogP) is 5.23. The van der Waals surface area contributed by atoms with E-state index in [1.807, 2.05) is 49.4 Å². The fraction of sp³-hybridized carbons (Fsp3) is 0.280. The Morgan fingerprint density at radius 2 is 2.06 bits per heavy atom. The number of halogens is 1. The lowest BCUT2D eigenvalue weighted by Crippen LogP contribution is -2.33. The summed E-state index contributed by atoms with van der Waals surface area (Å²) in [6.07, 6.45) is 8.84. The highest BCUT2D eigenvalue weighted by molar-refractivity contribution is 5.63. The van der Waals surface area contributed by atoms with Crippen LogP contribution in [0.3, 0.4) is 0 Å². The lowest BCUT2D eigenvalue weighted by molar-refractivity contribution is 0.191. The fourth-order valence-electron chi connectivity index (χ4n) is 3.93. The average Bonchev–Trinajstić information content (AvgIpc) is 3.38. The molecule has 5 nitrogen and oxygen atoms in total. The first kappa shape index (κ1) is 21.0. The van der Waals surface area contributed by atoms with Gasteiger partial charge in [0.2, 0.25) is 0 Å². The van der Waals surface area contributed by atoms with Crippen molar-refractivity contribution in [3.8, 4) is 17.0 Å². The minimum Gasteiger partial charge on any atom is -0.489 e. The van der Waals surface area contributed by atoms with Crippen LogP contribution in [0.1, 0.15) is 43.5 Å². The highest BCUT2D eigenvalue weighted by Crippen LogP contribution is 2.28. The van der Waals surface area contributed by atoms with Gasteiger partial charge in [-0.05, 0) is 73.2 Å². The van der Waals surface area contributed by atoms with Gasteiger partial charge in [-0.25, -0.2) is 14.1 Å². The minimum absolute atomic E-state index is 0.0347. The Kier molecular flexibility index (Phi) is 6.28. The lowest BCUT2D eigenvalue weighted by Gasteiger charge is -2.18. The van der Waals surface area contributed by atoms with Crippen LogP contribution in [0.4, 0.5) is 4.39 Å². The summed E-state index contributed by atoms with van der Waals surface area (Å²) in [7, 11) is 0. The summed E-state index contributed by atoms with van der Waals surface area (Å²) in [5.74, 6) is 1.27. The number of ether oxygens (including phenoxy) is 1. The molecule has 0 radical (unpaired) electrons. The molecule has 0 saturated heterocycles. The molecule has 0 bridgehead atoms. The monoisotopic (exact) mass is 418 g/mol. The van der Waals surface area contributed by atoms with Crippen LogP contribution in [0.5, 0.6) is 5.75 Å². The van der Waals surface area contributed by atoms with Gasteiger partial charge in [-0.2, -0.15) is 5.10 Å². The second-order valence-electron chi connectivity index (χ2n) is 7.93. The number of nitrogens with zero attached hydrogens (tertiary/aromatic N) is 3. The van der Waals surface area contributed by atoms with Crippen molar-refractivity contribution in [2.45, 2.75) is 44.2 Å². The van der Waals surface area contributed by atoms with Crippen molar-refractivity contribution >= 4 is 12.8 Å². The Hall–Kier alpha value is -3.25. The molecule has 0 spiro atoms. The van der Waals surface area contributed by atoms with E-state index in [1.165, 1.54) is 6.07 Å². The number of hydrogen-bond donors (Lipinski definition) is 1. The van der Waals surface area contributed by atoms with Crippen LogP contribution in [0, 0.1) is 5.82 Å². The molecule has 31 heavy (non-hydrogen) atoms. The van der Waals surface area contributed by atoms with Crippen molar-refractivity contribution in [3.05, 3.63) is 78.0 Å². The maximum Gasteiger partial charge on any atom is 0.153 e. The molecule has 4 rings (SSSR count). The van der Waals surface area contributed by atoms with E-state index in [0.29, 0.717) is 5.82 Å². The normalized spacial score (nSPS) is 19.6. The van der Waals surface area contributed by atoms with Crippen LogP contribution < -0.4 is 10.5 Å². The van der Waals surface area contributed by atoms with Crippen molar-refractivity contribution in [2.75, 3.05) is 0 Å². The maximum atomic E-state index is 13.5. The summed E-state index contributed by atoms with van der Waals surface area (Å²) >= 11 is 0. The van der Waals surface area contributed by atoms with Crippen molar-refractivity contribution in [1.82, 2.24) is 9.66 Å². The summed E-state index contributed by atoms with van der Waals surface area (Å²) in [6, 6.07) is 14.6. The summed E-state index contributed by atoms with van der Waals surface area (Å²) in [5.41, 5.74) is 8.79. The number of rotatable bonds is 7. The van der Waals surface area contributed by atoms with Crippen LogP contribution in [-0.2, 0) is 0 Å². The topological polar surface area (TPSA) is 65.4 Å². The standard InChI is InChI=1S/C25H27FN4O/c1-17(19-5-3-6-20(26)15-19)9-14-25-29-16-23(30(25)28-2)18-10-12-21(13-11-18)31-24-8-4-7-22(24)27/h3,5-6,9-17,22,24H,2,4,7-8,27H2,1H3/b14-9-. The summed E-state index contributed by atoms with van der Waals surface area (Å²) < 4.78 is 21.2. The highest BCUT2D eigenvalue weighted by atomic mass is 19.1. The Bertz CT molecular complexity index is 1070.